The maximum atomic E-state index is 11.8. The molecular weight excluding hydrogens is 489 g/mol. The third-order valence-electron chi connectivity index (χ3n) is 5.33. The first-order valence-electron chi connectivity index (χ1n) is 10.2. The molecule has 3 rings (SSSR count). The minimum Gasteiger partial charge on any atom is -0.355 e. The van der Waals surface area contributed by atoms with Gasteiger partial charge < -0.3 is 16.0 Å². The maximum Gasteiger partial charge on any atom is 0.251 e. The van der Waals surface area contributed by atoms with Crippen LogP contribution in [0.1, 0.15) is 34.3 Å². The second-order valence-corrected chi connectivity index (χ2v) is 7.34. The van der Waals surface area contributed by atoms with Crippen molar-refractivity contribution in [1.82, 2.24) is 20.9 Å². The molecule has 6 nitrogen and oxygen atoms in total. The second kappa shape index (κ2) is 12.5. The van der Waals surface area contributed by atoms with Crippen molar-refractivity contribution >= 4 is 35.8 Å². The lowest BCUT2D eigenvalue weighted by molar-refractivity contribution is 0.0963. The molecule has 1 fully saturated rings. The number of guanidine groups is 1. The molecule has 3 N–H and O–H groups in total. The predicted molar refractivity (Wildman–Crippen MR) is 133 cm³/mol. The zero-order valence-corrected chi connectivity index (χ0v) is 20.1. The number of carbonyl (C=O) groups is 1. The quantitative estimate of drug-likeness (QED) is 0.298. The molecule has 162 valence electrons. The number of benzene rings is 2. The van der Waals surface area contributed by atoms with Crippen LogP contribution in [-0.2, 0) is 13.1 Å². The van der Waals surface area contributed by atoms with Gasteiger partial charge in [-0.2, -0.15) is 0 Å². The van der Waals surface area contributed by atoms with Crippen molar-refractivity contribution in [2.75, 3.05) is 27.2 Å². The number of carbonyl (C=O) groups excluding carboxylic acids is 1. The summed E-state index contributed by atoms with van der Waals surface area (Å²) in [6, 6.07) is 18.8. The Kier molecular flexibility index (Phi) is 10.1. The van der Waals surface area contributed by atoms with Gasteiger partial charge in [0, 0.05) is 45.3 Å². The van der Waals surface area contributed by atoms with E-state index in [0.717, 1.165) is 31.2 Å². The van der Waals surface area contributed by atoms with Crippen molar-refractivity contribution in [2.45, 2.75) is 32.0 Å². The van der Waals surface area contributed by atoms with E-state index in [-0.39, 0.29) is 29.9 Å². The summed E-state index contributed by atoms with van der Waals surface area (Å²) in [7, 11) is 3.43. The van der Waals surface area contributed by atoms with Crippen molar-refractivity contribution < 1.29 is 4.79 Å². The van der Waals surface area contributed by atoms with E-state index in [9.17, 15) is 4.79 Å². The van der Waals surface area contributed by atoms with Crippen LogP contribution in [0.15, 0.2) is 59.6 Å². The van der Waals surface area contributed by atoms with Crippen LogP contribution in [0.2, 0.25) is 0 Å². The van der Waals surface area contributed by atoms with Crippen LogP contribution in [0.3, 0.4) is 0 Å². The number of likely N-dealkylation sites (tertiary alicyclic amines) is 1. The monoisotopic (exact) mass is 521 g/mol. The largest absolute Gasteiger partial charge is 0.355 e. The van der Waals surface area contributed by atoms with Crippen LogP contribution >= 0.6 is 24.0 Å². The van der Waals surface area contributed by atoms with Gasteiger partial charge in [0.05, 0.1) is 0 Å². The van der Waals surface area contributed by atoms with Gasteiger partial charge in [-0.25, -0.2) is 0 Å². The van der Waals surface area contributed by atoms with Gasteiger partial charge in [0.25, 0.3) is 5.91 Å². The Morgan fingerprint density at radius 2 is 1.87 bits per heavy atom. The number of aliphatic imine (C=N–C) groups is 1. The lowest BCUT2D eigenvalue weighted by Gasteiger charge is -2.25. The zero-order chi connectivity index (χ0) is 20.5. The fraction of sp³-hybridized carbons (Fsp3) is 0.391. The third kappa shape index (κ3) is 6.98. The highest BCUT2D eigenvalue weighted by Crippen LogP contribution is 2.19. The summed E-state index contributed by atoms with van der Waals surface area (Å²) in [6.07, 6.45) is 2.43. The molecule has 2 aromatic rings. The van der Waals surface area contributed by atoms with Crippen LogP contribution in [0, 0.1) is 0 Å². The summed E-state index contributed by atoms with van der Waals surface area (Å²) < 4.78 is 0. The van der Waals surface area contributed by atoms with E-state index in [2.05, 4.69) is 56.2 Å². The minimum absolute atomic E-state index is 0. The summed E-state index contributed by atoms with van der Waals surface area (Å²) in [6.45, 7) is 3.61. The van der Waals surface area contributed by atoms with Gasteiger partial charge in [-0.05, 0) is 42.6 Å². The van der Waals surface area contributed by atoms with Crippen molar-refractivity contribution in [1.29, 1.82) is 0 Å². The molecule has 0 radical (unpaired) electrons. The lowest BCUT2D eigenvalue weighted by atomic mass is 10.1. The molecular formula is C23H32IN5O. The van der Waals surface area contributed by atoms with Crippen LogP contribution in [0.25, 0.3) is 0 Å². The van der Waals surface area contributed by atoms with Gasteiger partial charge in [-0.3, -0.25) is 14.7 Å². The summed E-state index contributed by atoms with van der Waals surface area (Å²) in [5.41, 5.74) is 3.07. The first kappa shape index (κ1) is 24.1. The maximum absolute atomic E-state index is 11.8. The number of nitrogens with zero attached hydrogens (tertiary/aromatic N) is 2. The molecule has 1 saturated heterocycles. The summed E-state index contributed by atoms with van der Waals surface area (Å²) in [5, 5.41) is 9.47. The summed E-state index contributed by atoms with van der Waals surface area (Å²) in [5.74, 6) is 0.705. The fourth-order valence-electron chi connectivity index (χ4n) is 3.74. The molecule has 1 unspecified atom stereocenters. The molecule has 0 aromatic heterocycles. The van der Waals surface area contributed by atoms with Crippen LogP contribution in [0.4, 0.5) is 0 Å². The van der Waals surface area contributed by atoms with Gasteiger partial charge in [0.15, 0.2) is 5.96 Å². The number of nitrogens with one attached hydrogen (secondary N) is 3. The van der Waals surface area contributed by atoms with Gasteiger partial charge >= 0.3 is 0 Å². The smallest absolute Gasteiger partial charge is 0.251 e. The van der Waals surface area contributed by atoms with E-state index in [1.165, 1.54) is 18.4 Å². The zero-order valence-electron chi connectivity index (χ0n) is 17.7. The normalized spacial score (nSPS) is 16.6. The Labute approximate surface area is 196 Å². The molecule has 0 saturated carbocycles. The van der Waals surface area contributed by atoms with Gasteiger partial charge in [-0.15, -0.1) is 24.0 Å². The second-order valence-electron chi connectivity index (χ2n) is 7.34. The Hall–Kier alpha value is -2.13. The first-order chi connectivity index (χ1) is 14.2. The van der Waals surface area contributed by atoms with Gasteiger partial charge in [0.1, 0.15) is 0 Å². The number of hydrogen-bond acceptors (Lipinski definition) is 3. The van der Waals surface area contributed by atoms with E-state index >= 15 is 0 Å². The molecule has 1 atom stereocenters. The molecule has 1 aliphatic rings. The highest BCUT2D eigenvalue weighted by molar-refractivity contribution is 14.0. The van der Waals surface area contributed by atoms with Crippen molar-refractivity contribution in [3.63, 3.8) is 0 Å². The highest BCUT2D eigenvalue weighted by atomic mass is 127. The van der Waals surface area contributed by atoms with E-state index in [1.807, 2.05) is 24.3 Å². The molecule has 1 aliphatic heterocycles. The fourth-order valence-corrected chi connectivity index (χ4v) is 3.74. The van der Waals surface area contributed by atoms with E-state index in [0.29, 0.717) is 18.2 Å². The summed E-state index contributed by atoms with van der Waals surface area (Å²) in [4.78, 5) is 18.7. The Balaban J connectivity index is 0.00000320. The molecule has 2 aromatic carbocycles. The van der Waals surface area contributed by atoms with Crippen LogP contribution in [0.5, 0.6) is 0 Å². The molecule has 30 heavy (non-hydrogen) atoms. The van der Waals surface area contributed by atoms with Gasteiger partial charge in [0.2, 0.25) is 0 Å². The topological polar surface area (TPSA) is 68.8 Å². The number of amides is 1. The van der Waals surface area contributed by atoms with E-state index in [4.69, 9.17) is 0 Å². The standard InChI is InChI=1S/C23H31N5O.HI/c1-24-22(29)20-11-6-10-19(14-20)15-26-23(25-2)27-16-21-12-7-13-28(21)17-18-8-4-3-5-9-18;/h3-6,8-11,14,21H,7,12-13,15-17H2,1-2H3,(H,24,29)(H2,25,26,27);1H. The van der Waals surface area contributed by atoms with Crippen molar-refractivity contribution in [3.05, 3.63) is 71.3 Å². The predicted octanol–water partition coefficient (Wildman–Crippen LogP) is 2.99. The molecule has 0 bridgehead atoms. The number of rotatable bonds is 7. The average Bonchev–Trinajstić information content (AvgIpc) is 3.21. The molecule has 7 heteroatoms. The highest BCUT2D eigenvalue weighted by Gasteiger charge is 2.24. The minimum atomic E-state index is -0.0749. The van der Waals surface area contributed by atoms with Crippen LogP contribution < -0.4 is 16.0 Å². The molecule has 0 aliphatic carbocycles. The number of hydrogen-bond donors (Lipinski definition) is 3. The average molecular weight is 521 g/mol. The Morgan fingerprint density at radius 3 is 2.60 bits per heavy atom. The first-order valence-corrected chi connectivity index (χ1v) is 10.2. The molecule has 1 amide bonds. The molecule has 0 spiro atoms. The Morgan fingerprint density at radius 1 is 1.10 bits per heavy atom. The van der Waals surface area contributed by atoms with E-state index in [1.54, 1.807) is 14.1 Å². The lowest BCUT2D eigenvalue weighted by Crippen LogP contribution is -2.44. The van der Waals surface area contributed by atoms with Crippen LogP contribution in [-0.4, -0.2) is 50.0 Å². The molecule has 1 heterocycles. The SMILES string of the molecule is CN=C(NCc1cccc(C(=O)NC)c1)NCC1CCCN1Cc1ccccc1.I. The summed E-state index contributed by atoms with van der Waals surface area (Å²) >= 11 is 0. The van der Waals surface area contributed by atoms with Crippen molar-refractivity contribution in [3.8, 4) is 0 Å². The number of halogens is 1. The van der Waals surface area contributed by atoms with Gasteiger partial charge in [-0.1, -0.05) is 42.5 Å². The van der Waals surface area contributed by atoms with E-state index < -0.39 is 0 Å². The Bertz CT molecular complexity index is 827. The third-order valence-corrected chi connectivity index (χ3v) is 5.33. The van der Waals surface area contributed by atoms with Crippen molar-refractivity contribution in [2.24, 2.45) is 4.99 Å².